The molecule has 0 radical (unpaired) electrons. The zero-order valence-corrected chi connectivity index (χ0v) is 10.3. The van der Waals surface area contributed by atoms with Gasteiger partial charge in [-0.05, 0) is 6.42 Å². The van der Waals surface area contributed by atoms with Gasteiger partial charge in [-0.3, -0.25) is 29.4 Å². The van der Waals surface area contributed by atoms with Crippen LogP contribution in [0.2, 0.25) is 0 Å². The minimum absolute atomic E-state index is 0.0508. The van der Waals surface area contributed by atoms with E-state index in [1.54, 1.807) is 0 Å². The second-order valence-corrected chi connectivity index (χ2v) is 3.91. The molecule has 1 heterocycles. The molecule has 3 N–H and O–H groups in total. The largest absolute Gasteiger partial charge is 0.481 e. The molecule has 0 aliphatic carbocycles. The Balaban J connectivity index is 2.82. The van der Waals surface area contributed by atoms with Gasteiger partial charge in [-0.25, -0.2) is 4.79 Å². The maximum Gasteiger partial charge on any atom is 0.331 e. The molecule has 0 spiro atoms. The van der Waals surface area contributed by atoms with Crippen LogP contribution in [-0.2, 0) is 19.2 Å². The molecule has 108 valence electrons. The Labute approximate surface area is 112 Å². The zero-order valence-electron chi connectivity index (χ0n) is 10.3. The Bertz CT molecular complexity index is 509. The van der Waals surface area contributed by atoms with Gasteiger partial charge in [-0.15, -0.1) is 0 Å². The molecule has 9 nitrogen and oxygen atoms in total. The van der Waals surface area contributed by atoms with Crippen molar-refractivity contribution < 1.29 is 34.2 Å². The van der Waals surface area contributed by atoms with Crippen molar-refractivity contribution in [2.45, 2.75) is 19.3 Å². The SMILES string of the molecule is O=C(O)CC/C=C1\C(=O)NC(=O)N(CCC(=O)O)C1=O. The molecule has 4 amide bonds. The molecule has 9 heteroatoms. The van der Waals surface area contributed by atoms with Gasteiger partial charge in [-0.1, -0.05) is 6.08 Å². The second-order valence-electron chi connectivity index (χ2n) is 3.91. The number of rotatable bonds is 6. The van der Waals surface area contributed by atoms with Crippen molar-refractivity contribution in [3.63, 3.8) is 0 Å². The molecule has 0 unspecified atom stereocenters. The van der Waals surface area contributed by atoms with Crippen molar-refractivity contribution in [3.8, 4) is 0 Å². The Morgan fingerprint density at radius 3 is 2.25 bits per heavy atom. The third-order valence-electron chi connectivity index (χ3n) is 2.44. The number of nitrogens with zero attached hydrogens (tertiary/aromatic N) is 1. The van der Waals surface area contributed by atoms with Crippen LogP contribution in [0.15, 0.2) is 11.6 Å². The maximum absolute atomic E-state index is 11.9. The lowest BCUT2D eigenvalue weighted by Crippen LogP contribution is -2.54. The number of hydrogen-bond acceptors (Lipinski definition) is 5. The summed E-state index contributed by atoms with van der Waals surface area (Å²) in [6.07, 6.45) is 0.347. The molecule has 0 aromatic rings. The summed E-state index contributed by atoms with van der Waals surface area (Å²) in [4.78, 5) is 56.1. The van der Waals surface area contributed by atoms with E-state index in [4.69, 9.17) is 10.2 Å². The number of nitrogens with one attached hydrogen (secondary N) is 1. The monoisotopic (exact) mass is 284 g/mol. The number of carbonyl (C=O) groups is 5. The number of carboxylic acid groups (broad SMARTS) is 2. The Morgan fingerprint density at radius 1 is 1.10 bits per heavy atom. The highest BCUT2D eigenvalue weighted by Gasteiger charge is 2.35. The lowest BCUT2D eigenvalue weighted by molar-refractivity contribution is -0.138. The van der Waals surface area contributed by atoms with E-state index in [1.165, 1.54) is 0 Å². The van der Waals surface area contributed by atoms with E-state index in [-0.39, 0.29) is 25.0 Å². The second kappa shape index (κ2) is 6.45. The van der Waals surface area contributed by atoms with Crippen molar-refractivity contribution in [1.29, 1.82) is 0 Å². The predicted molar refractivity (Wildman–Crippen MR) is 62.5 cm³/mol. The van der Waals surface area contributed by atoms with E-state index in [9.17, 15) is 24.0 Å². The fourth-order valence-corrected chi connectivity index (χ4v) is 1.50. The van der Waals surface area contributed by atoms with Crippen LogP contribution in [0.25, 0.3) is 0 Å². The number of aliphatic carboxylic acids is 2. The smallest absolute Gasteiger partial charge is 0.331 e. The van der Waals surface area contributed by atoms with Gasteiger partial charge in [0.1, 0.15) is 5.57 Å². The van der Waals surface area contributed by atoms with Crippen molar-refractivity contribution >= 4 is 29.8 Å². The number of allylic oxidation sites excluding steroid dienone is 1. The van der Waals surface area contributed by atoms with E-state index in [2.05, 4.69) is 0 Å². The van der Waals surface area contributed by atoms with Crippen molar-refractivity contribution in [1.82, 2.24) is 10.2 Å². The predicted octanol–water partition coefficient (Wildman–Crippen LogP) is -0.669. The molecule has 1 rings (SSSR count). The summed E-state index contributed by atoms with van der Waals surface area (Å²) in [7, 11) is 0. The molecule has 1 aliphatic rings. The van der Waals surface area contributed by atoms with Gasteiger partial charge in [0, 0.05) is 13.0 Å². The van der Waals surface area contributed by atoms with Gasteiger partial charge >= 0.3 is 18.0 Å². The first-order valence-electron chi connectivity index (χ1n) is 5.64. The van der Waals surface area contributed by atoms with Gasteiger partial charge in [0.25, 0.3) is 11.8 Å². The number of urea groups is 1. The minimum Gasteiger partial charge on any atom is -0.481 e. The number of hydrogen-bond donors (Lipinski definition) is 3. The molecule has 0 bridgehead atoms. The summed E-state index contributed by atoms with van der Waals surface area (Å²) in [5, 5.41) is 18.9. The number of barbiturate groups is 1. The topological polar surface area (TPSA) is 141 Å². The van der Waals surface area contributed by atoms with Crippen LogP contribution in [0.3, 0.4) is 0 Å². The average Bonchev–Trinajstić information content (AvgIpc) is 2.32. The van der Waals surface area contributed by atoms with Gasteiger partial charge < -0.3 is 10.2 Å². The normalized spacial score (nSPS) is 17.3. The van der Waals surface area contributed by atoms with Gasteiger partial charge in [0.2, 0.25) is 0 Å². The van der Waals surface area contributed by atoms with Gasteiger partial charge in [-0.2, -0.15) is 0 Å². The molecular formula is C11H12N2O7. The number of imide groups is 2. The summed E-state index contributed by atoms with van der Waals surface area (Å²) in [6, 6.07) is -0.989. The Kier molecular flexibility index (Phi) is 4.95. The summed E-state index contributed by atoms with van der Waals surface area (Å²) in [6.45, 7) is -0.371. The lowest BCUT2D eigenvalue weighted by atomic mass is 10.1. The molecule has 0 aromatic heterocycles. The van der Waals surface area contributed by atoms with E-state index in [0.29, 0.717) is 4.90 Å². The number of carboxylic acids is 2. The van der Waals surface area contributed by atoms with Crippen LogP contribution in [-0.4, -0.2) is 51.4 Å². The molecular weight excluding hydrogens is 272 g/mol. The third kappa shape index (κ3) is 3.90. The number of amides is 4. The van der Waals surface area contributed by atoms with Crippen molar-refractivity contribution in [2.24, 2.45) is 0 Å². The molecule has 0 saturated carbocycles. The first kappa shape index (κ1) is 15.3. The highest BCUT2D eigenvalue weighted by Crippen LogP contribution is 2.11. The molecule has 1 fully saturated rings. The average molecular weight is 284 g/mol. The summed E-state index contributed by atoms with van der Waals surface area (Å²) in [5.74, 6) is -4.13. The Hall–Kier alpha value is -2.71. The standard InChI is InChI=1S/C11H12N2O7/c14-7(15)3-1-2-6-9(18)12-11(20)13(10(6)19)5-4-8(16)17/h2H,1,3-5H2,(H,14,15)(H,16,17)(H,12,18,20)/b6-2+. The highest BCUT2D eigenvalue weighted by molar-refractivity contribution is 6.28. The molecule has 20 heavy (non-hydrogen) atoms. The van der Waals surface area contributed by atoms with Gasteiger partial charge in [0.05, 0.1) is 6.42 Å². The van der Waals surface area contributed by atoms with Crippen LogP contribution in [0.5, 0.6) is 0 Å². The van der Waals surface area contributed by atoms with Crippen molar-refractivity contribution in [2.75, 3.05) is 6.54 Å². The summed E-state index contributed by atoms with van der Waals surface area (Å²) >= 11 is 0. The van der Waals surface area contributed by atoms with E-state index >= 15 is 0 Å². The molecule has 1 saturated heterocycles. The fourth-order valence-electron chi connectivity index (χ4n) is 1.50. The Morgan fingerprint density at radius 2 is 1.70 bits per heavy atom. The number of carbonyl (C=O) groups excluding carboxylic acids is 3. The quantitative estimate of drug-likeness (QED) is 0.434. The zero-order chi connectivity index (χ0) is 15.3. The first-order valence-corrected chi connectivity index (χ1v) is 5.64. The van der Waals surface area contributed by atoms with E-state index < -0.39 is 36.2 Å². The third-order valence-corrected chi connectivity index (χ3v) is 2.44. The lowest BCUT2D eigenvalue weighted by Gasteiger charge is -2.25. The first-order chi connectivity index (χ1) is 9.32. The molecule has 0 atom stereocenters. The van der Waals surface area contributed by atoms with Crippen molar-refractivity contribution in [3.05, 3.63) is 11.6 Å². The molecule has 1 aliphatic heterocycles. The summed E-state index contributed by atoms with van der Waals surface area (Å²) in [5.41, 5.74) is -0.365. The van der Waals surface area contributed by atoms with E-state index in [0.717, 1.165) is 6.08 Å². The maximum atomic E-state index is 11.9. The van der Waals surface area contributed by atoms with E-state index in [1.807, 2.05) is 5.32 Å². The van der Waals surface area contributed by atoms with Crippen LogP contribution in [0.4, 0.5) is 4.79 Å². The van der Waals surface area contributed by atoms with Crippen LogP contribution in [0, 0.1) is 0 Å². The van der Waals surface area contributed by atoms with Crippen LogP contribution >= 0.6 is 0 Å². The highest BCUT2D eigenvalue weighted by atomic mass is 16.4. The fraction of sp³-hybridized carbons (Fsp3) is 0.364. The van der Waals surface area contributed by atoms with Gasteiger partial charge in [0.15, 0.2) is 0 Å². The van der Waals surface area contributed by atoms with Crippen LogP contribution in [0.1, 0.15) is 19.3 Å². The summed E-state index contributed by atoms with van der Waals surface area (Å²) < 4.78 is 0. The van der Waals surface area contributed by atoms with Crippen LogP contribution < -0.4 is 5.32 Å². The molecule has 0 aromatic carbocycles. The minimum atomic E-state index is -1.20.